The third-order valence-corrected chi connectivity index (χ3v) is 2.08. The zero-order valence-corrected chi connectivity index (χ0v) is 10.1. The van der Waals surface area contributed by atoms with Crippen LogP contribution in [0.5, 0.6) is 11.5 Å². The molecule has 5 nitrogen and oxygen atoms in total. The molecule has 1 aromatic carbocycles. The van der Waals surface area contributed by atoms with Crippen molar-refractivity contribution in [3.63, 3.8) is 0 Å². The number of hydrogen-bond acceptors (Lipinski definition) is 4. The van der Waals surface area contributed by atoms with E-state index < -0.39 is 5.97 Å². The summed E-state index contributed by atoms with van der Waals surface area (Å²) in [5.41, 5.74) is 0.994. The van der Waals surface area contributed by atoms with E-state index in [0.29, 0.717) is 22.6 Å². The average Bonchev–Trinajstić information content (AvgIpc) is 2.35. The lowest BCUT2D eigenvalue weighted by Gasteiger charge is -2.08. The molecule has 5 heteroatoms. The highest BCUT2D eigenvalue weighted by Gasteiger charge is 2.03. The van der Waals surface area contributed by atoms with Crippen molar-refractivity contribution in [1.29, 1.82) is 5.26 Å². The van der Waals surface area contributed by atoms with E-state index in [2.05, 4.69) is 0 Å². The van der Waals surface area contributed by atoms with E-state index >= 15 is 0 Å². The summed E-state index contributed by atoms with van der Waals surface area (Å²) in [6.45, 7) is 1.80. The topological polar surface area (TPSA) is 79.5 Å². The van der Waals surface area contributed by atoms with Gasteiger partial charge in [-0.15, -0.1) is 0 Å². The molecule has 0 saturated carbocycles. The molecule has 0 heterocycles. The second kappa shape index (κ2) is 6.30. The smallest absolute Gasteiger partial charge is 0.328 e. The molecular weight excluding hydrogens is 234 g/mol. The number of aliphatic carboxylic acids is 1. The molecule has 0 aromatic heterocycles. The van der Waals surface area contributed by atoms with Crippen molar-refractivity contribution in [2.75, 3.05) is 13.7 Å². The summed E-state index contributed by atoms with van der Waals surface area (Å²) >= 11 is 0. The second-order valence-electron chi connectivity index (χ2n) is 3.63. The van der Waals surface area contributed by atoms with Gasteiger partial charge in [-0.3, -0.25) is 0 Å². The standard InChI is InChI=1S/C13H13NO4/c1-9(3-13(15)16)8-18-12-5-10(7-14)4-11(6-12)17-2/h3-6H,8H2,1-2H3,(H,15,16)/b9-3+. The molecule has 0 fully saturated rings. The lowest BCUT2D eigenvalue weighted by molar-refractivity contribution is -0.131. The van der Waals surface area contributed by atoms with Crippen LogP contribution in [0.3, 0.4) is 0 Å². The number of carbonyl (C=O) groups is 1. The molecule has 0 atom stereocenters. The maximum absolute atomic E-state index is 10.4. The van der Waals surface area contributed by atoms with Gasteiger partial charge in [0.05, 0.1) is 18.7 Å². The Balaban J connectivity index is 2.79. The summed E-state index contributed by atoms with van der Waals surface area (Å²) < 4.78 is 10.4. The quantitative estimate of drug-likeness (QED) is 0.805. The Morgan fingerprint density at radius 3 is 2.67 bits per heavy atom. The fourth-order valence-electron chi connectivity index (χ4n) is 1.29. The van der Waals surface area contributed by atoms with E-state index in [1.807, 2.05) is 6.07 Å². The van der Waals surface area contributed by atoms with Crippen LogP contribution in [-0.2, 0) is 4.79 Å². The van der Waals surface area contributed by atoms with Crippen LogP contribution in [0.15, 0.2) is 29.8 Å². The summed E-state index contributed by atoms with van der Waals surface area (Å²) in [7, 11) is 1.50. The van der Waals surface area contributed by atoms with Gasteiger partial charge in [0.25, 0.3) is 0 Å². The summed E-state index contributed by atoms with van der Waals surface area (Å²) in [6, 6.07) is 6.78. The van der Waals surface area contributed by atoms with Crippen molar-refractivity contribution in [1.82, 2.24) is 0 Å². The van der Waals surface area contributed by atoms with Crippen molar-refractivity contribution >= 4 is 5.97 Å². The minimum absolute atomic E-state index is 0.143. The first-order valence-corrected chi connectivity index (χ1v) is 5.17. The largest absolute Gasteiger partial charge is 0.497 e. The monoisotopic (exact) mass is 247 g/mol. The highest BCUT2D eigenvalue weighted by Crippen LogP contribution is 2.22. The number of methoxy groups -OCH3 is 1. The third-order valence-electron chi connectivity index (χ3n) is 2.08. The first-order valence-electron chi connectivity index (χ1n) is 5.17. The van der Waals surface area contributed by atoms with Crippen molar-refractivity contribution in [3.05, 3.63) is 35.4 Å². The SMILES string of the molecule is COc1cc(C#N)cc(OC/C(C)=C/C(=O)O)c1. The molecule has 0 amide bonds. The number of rotatable bonds is 5. The normalized spacial score (nSPS) is 10.6. The van der Waals surface area contributed by atoms with Crippen LogP contribution in [-0.4, -0.2) is 24.8 Å². The van der Waals surface area contributed by atoms with Crippen LogP contribution in [0.4, 0.5) is 0 Å². The molecule has 0 aliphatic heterocycles. The first kappa shape index (κ1) is 13.6. The Kier molecular flexibility index (Phi) is 4.76. The number of carboxylic acids is 1. The fourth-order valence-corrected chi connectivity index (χ4v) is 1.29. The molecule has 1 aromatic rings. The maximum atomic E-state index is 10.4. The minimum Gasteiger partial charge on any atom is -0.497 e. The molecule has 1 N–H and O–H groups in total. The lowest BCUT2D eigenvalue weighted by atomic mass is 10.2. The third kappa shape index (κ3) is 4.18. The van der Waals surface area contributed by atoms with Gasteiger partial charge in [-0.05, 0) is 24.6 Å². The number of nitrogens with zero attached hydrogens (tertiary/aromatic N) is 1. The zero-order valence-electron chi connectivity index (χ0n) is 10.1. The second-order valence-corrected chi connectivity index (χ2v) is 3.63. The van der Waals surface area contributed by atoms with Crippen LogP contribution in [0.1, 0.15) is 12.5 Å². The zero-order chi connectivity index (χ0) is 13.5. The summed E-state index contributed by atoms with van der Waals surface area (Å²) in [4.78, 5) is 10.4. The van der Waals surface area contributed by atoms with Crippen molar-refractivity contribution in [2.45, 2.75) is 6.92 Å². The summed E-state index contributed by atoms with van der Waals surface area (Å²) in [5, 5.41) is 17.4. The summed E-state index contributed by atoms with van der Waals surface area (Å²) in [5.74, 6) is -0.0348. The molecule has 0 unspecified atom stereocenters. The van der Waals surface area contributed by atoms with Gasteiger partial charge in [0.1, 0.15) is 18.1 Å². The Hall–Kier alpha value is -2.48. The molecule has 1 rings (SSSR count). The van der Waals surface area contributed by atoms with Crippen molar-refractivity contribution in [2.24, 2.45) is 0 Å². The Morgan fingerprint density at radius 1 is 1.44 bits per heavy atom. The predicted octanol–water partition coefficient (Wildman–Crippen LogP) is 1.98. The van der Waals surface area contributed by atoms with Crippen molar-refractivity contribution < 1.29 is 19.4 Å². The van der Waals surface area contributed by atoms with Crippen LogP contribution < -0.4 is 9.47 Å². The molecule has 0 bridgehead atoms. The van der Waals surface area contributed by atoms with E-state index in [1.54, 1.807) is 25.1 Å². The van der Waals surface area contributed by atoms with E-state index in [-0.39, 0.29) is 6.61 Å². The van der Waals surface area contributed by atoms with E-state index in [9.17, 15) is 4.79 Å². The van der Waals surface area contributed by atoms with Gasteiger partial charge in [0.15, 0.2) is 0 Å². The number of nitriles is 1. The highest BCUT2D eigenvalue weighted by molar-refractivity contribution is 5.80. The van der Waals surface area contributed by atoms with E-state index in [4.69, 9.17) is 19.8 Å². The molecule has 0 radical (unpaired) electrons. The molecule has 0 spiro atoms. The van der Waals surface area contributed by atoms with Crippen LogP contribution in [0.25, 0.3) is 0 Å². The minimum atomic E-state index is -1.01. The van der Waals surface area contributed by atoms with Gasteiger partial charge in [-0.2, -0.15) is 5.26 Å². The predicted molar refractivity (Wildman–Crippen MR) is 64.6 cm³/mol. The number of hydrogen-bond donors (Lipinski definition) is 1. The van der Waals surface area contributed by atoms with Crippen LogP contribution >= 0.6 is 0 Å². The molecule has 0 saturated heterocycles. The summed E-state index contributed by atoms with van der Waals surface area (Å²) in [6.07, 6.45) is 1.07. The van der Waals surface area contributed by atoms with Gasteiger partial charge in [-0.25, -0.2) is 4.79 Å². The molecule has 0 aliphatic rings. The molecule has 18 heavy (non-hydrogen) atoms. The number of benzene rings is 1. The van der Waals surface area contributed by atoms with Crippen LogP contribution in [0.2, 0.25) is 0 Å². The number of ether oxygens (including phenoxy) is 2. The van der Waals surface area contributed by atoms with Gasteiger partial charge < -0.3 is 14.6 Å². The van der Waals surface area contributed by atoms with Gasteiger partial charge in [0.2, 0.25) is 0 Å². The maximum Gasteiger partial charge on any atom is 0.328 e. The van der Waals surface area contributed by atoms with Gasteiger partial charge in [-0.1, -0.05) is 0 Å². The molecule has 94 valence electrons. The average molecular weight is 247 g/mol. The van der Waals surface area contributed by atoms with Crippen LogP contribution in [0, 0.1) is 11.3 Å². The first-order chi connectivity index (χ1) is 8.55. The van der Waals surface area contributed by atoms with Gasteiger partial charge in [0, 0.05) is 12.1 Å². The van der Waals surface area contributed by atoms with Crippen molar-refractivity contribution in [3.8, 4) is 17.6 Å². The lowest BCUT2D eigenvalue weighted by Crippen LogP contribution is -2.02. The fraction of sp³-hybridized carbons (Fsp3) is 0.231. The Bertz CT molecular complexity index is 514. The highest BCUT2D eigenvalue weighted by atomic mass is 16.5. The number of carboxylic acid groups (broad SMARTS) is 1. The van der Waals surface area contributed by atoms with E-state index in [0.717, 1.165) is 6.08 Å². The van der Waals surface area contributed by atoms with Gasteiger partial charge >= 0.3 is 5.97 Å². The Morgan fingerprint density at radius 2 is 2.11 bits per heavy atom. The Labute approximate surface area is 105 Å². The molecular formula is C13H13NO4. The molecule has 0 aliphatic carbocycles. The van der Waals surface area contributed by atoms with E-state index in [1.165, 1.54) is 7.11 Å².